The minimum absolute atomic E-state index is 0. The van der Waals surface area contributed by atoms with Crippen LogP contribution in [-0.2, 0) is 21.3 Å². The van der Waals surface area contributed by atoms with Crippen LogP contribution in [0.5, 0.6) is 0 Å². The molecule has 0 fully saturated rings. The minimum atomic E-state index is -1.81. The van der Waals surface area contributed by atoms with Crippen LogP contribution in [-0.4, -0.2) is 3.21 Å². The van der Waals surface area contributed by atoms with Crippen LogP contribution in [0, 0.1) is 5.41 Å². The van der Waals surface area contributed by atoms with Crippen molar-refractivity contribution in [2.45, 2.75) is 48.8 Å². The van der Waals surface area contributed by atoms with Gasteiger partial charge in [-0.1, -0.05) is 0 Å². The van der Waals surface area contributed by atoms with Gasteiger partial charge in [0.2, 0.25) is 0 Å². The maximum atomic E-state index is 2.64. The molecular weight excluding hydrogens is 426 g/mol. The molecule has 0 spiro atoms. The van der Waals surface area contributed by atoms with E-state index in [1.807, 2.05) is 0 Å². The summed E-state index contributed by atoms with van der Waals surface area (Å²) in [5.74, 6) is 0. The van der Waals surface area contributed by atoms with Crippen LogP contribution >= 0.6 is 0 Å². The van der Waals surface area contributed by atoms with E-state index in [0.29, 0.717) is 3.63 Å². The van der Waals surface area contributed by atoms with E-state index >= 15 is 0 Å². The molecule has 0 radical (unpaired) electrons. The van der Waals surface area contributed by atoms with Crippen LogP contribution in [0.3, 0.4) is 0 Å². The smallest absolute Gasteiger partial charge is 1.00 e. The Hall–Kier alpha value is -0.227. The number of fused-ring (bicyclic) bond motifs is 1. The first-order valence-corrected chi connectivity index (χ1v) is 12.7. The number of halogens is 2. The molecule has 3 rings (SSSR count). The standard InChI is InChI=1S/C13H15.C6H7.C3H6.2ClH.Zr/c1-13(2,3)12-9-8-10-6-4-5-7-11(10)12;1-6-4-2-3-5-6;1-3-2;;;/h4-9H,1-3H3;2-5H,1H3;1-2H3;2*1H;/q;;;;;+2/p-2. The number of benzene rings is 1. The normalized spacial score (nSPS) is 20.5. The number of hydrogen-bond acceptors (Lipinski definition) is 0. The van der Waals surface area contributed by atoms with Crippen LogP contribution in [0.25, 0.3) is 5.57 Å². The van der Waals surface area contributed by atoms with Gasteiger partial charge in [0.05, 0.1) is 0 Å². The van der Waals surface area contributed by atoms with Crippen LogP contribution in [0.4, 0.5) is 0 Å². The van der Waals surface area contributed by atoms with Gasteiger partial charge in [-0.25, -0.2) is 0 Å². The quantitative estimate of drug-likeness (QED) is 0.604. The molecule has 0 bridgehead atoms. The molecule has 25 heavy (non-hydrogen) atoms. The molecular formula is C22H28Cl2Zr. The summed E-state index contributed by atoms with van der Waals surface area (Å²) in [7, 11) is 0. The first-order valence-electron chi connectivity index (χ1n) is 8.64. The van der Waals surface area contributed by atoms with Gasteiger partial charge in [0.25, 0.3) is 0 Å². The summed E-state index contributed by atoms with van der Waals surface area (Å²) in [6, 6.07) is 9.15. The Morgan fingerprint density at radius 3 is 2.16 bits per heavy atom. The van der Waals surface area contributed by atoms with Crippen molar-refractivity contribution in [1.29, 1.82) is 0 Å². The number of rotatable bonds is 2. The van der Waals surface area contributed by atoms with Gasteiger partial charge in [0.15, 0.2) is 0 Å². The van der Waals surface area contributed by atoms with Gasteiger partial charge in [-0.3, -0.25) is 0 Å². The van der Waals surface area contributed by atoms with Gasteiger partial charge >= 0.3 is 150 Å². The van der Waals surface area contributed by atoms with Crippen molar-refractivity contribution in [3.05, 3.63) is 65.3 Å². The third-order valence-corrected chi connectivity index (χ3v) is 13.3. The summed E-state index contributed by atoms with van der Waals surface area (Å²) in [5.41, 5.74) is 6.32. The molecule has 3 heteroatoms. The molecule has 0 aliphatic heterocycles. The molecule has 0 N–H and O–H groups in total. The van der Waals surface area contributed by atoms with E-state index in [9.17, 15) is 0 Å². The Kier molecular flexibility index (Phi) is 7.89. The monoisotopic (exact) mass is 452 g/mol. The fraction of sp³-hybridized carbons (Fsp3) is 0.409. The zero-order chi connectivity index (χ0) is 16.8. The van der Waals surface area contributed by atoms with Crippen molar-refractivity contribution < 1.29 is 46.1 Å². The molecule has 0 aromatic heterocycles. The molecule has 0 saturated carbocycles. The van der Waals surface area contributed by atoms with E-state index in [1.54, 1.807) is 14.3 Å². The summed E-state index contributed by atoms with van der Waals surface area (Å²) in [6.07, 6.45) is 9.96. The van der Waals surface area contributed by atoms with E-state index in [0.717, 1.165) is 3.63 Å². The van der Waals surface area contributed by atoms with Crippen molar-refractivity contribution in [1.82, 2.24) is 0 Å². The predicted octanol–water partition coefficient (Wildman–Crippen LogP) is 0.314. The average Bonchev–Trinajstić information content (AvgIpc) is 3.04. The summed E-state index contributed by atoms with van der Waals surface area (Å²) < 4.78 is 3.12. The number of allylic oxidation sites excluding steroid dienone is 6. The Morgan fingerprint density at radius 1 is 1.00 bits per heavy atom. The van der Waals surface area contributed by atoms with Crippen LogP contribution < -0.4 is 24.8 Å². The van der Waals surface area contributed by atoms with Crippen molar-refractivity contribution in [2.24, 2.45) is 5.41 Å². The van der Waals surface area contributed by atoms with Crippen molar-refractivity contribution in [3.63, 3.8) is 0 Å². The summed E-state index contributed by atoms with van der Waals surface area (Å²) in [6.45, 7) is 14.1. The van der Waals surface area contributed by atoms with Gasteiger partial charge in [0.1, 0.15) is 0 Å². The minimum Gasteiger partial charge on any atom is -1.00 e. The molecule has 2 unspecified atom stereocenters. The second kappa shape index (κ2) is 8.64. The fourth-order valence-corrected chi connectivity index (χ4v) is 12.3. The second-order valence-electron chi connectivity index (χ2n) is 8.15. The SMILES string of the molecule is CC1=C[CH]([Zr+2](=[C](C)C)[CH]2C=C(C(C)(C)C)c3ccccc32)C=C1.[Cl-].[Cl-]. The van der Waals surface area contributed by atoms with Crippen molar-refractivity contribution >= 4 is 8.78 Å². The van der Waals surface area contributed by atoms with Gasteiger partial charge in [-0.05, 0) is 0 Å². The van der Waals surface area contributed by atoms with E-state index in [1.165, 1.54) is 11.1 Å². The maximum Gasteiger partial charge on any atom is -1.00 e. The van der Waals surface area contributed by atoms with Crippen molar-refractivity contribution in [3.8, 4) is 0 Å². The van der Waals surface area contributed by atoms with E-state index in [2.05, 4.69) is 90.1 Å². The van der Waals surface area contributed by atoms with Crippen LogP contribution in [0.2, 0.25) is 3.63 Å². The Bertz CT molecular complexity index is 756. The molecule has 0 nitrogen and oxygen atoms in total. The summed E-state index contributed by atoms with van der Waals surface area (Å²) >= 11 is -1.81. The first kappa shape index (κ1) is 22.8. The zero-order valence-electron chi connectivity index (χ0n) is 16.0. The van der Waals surface area contributed by atoms with E-state index in [4.69, 9.17) is 0 Å². The molecule has 0 saturated heterocycles. The first-order chi connectivity index (χ1) is 10.8. The summed E-state index contributed by atoms with van der Waals surface area (Å²) in [4.78, 5) is 0. The zero-order valence-corrected chi connectivity index (χ0v) is 20.0. The molecule has 1 aromatic carbocycles. The molecule has 134 valence electrons. The predicted molar refractivity (Wildman–Crippen MR) is 99.6 cm³/mol. The molecule has 0 amide bonds. The van der Waals surface area contributed by atoms with Gasteiger partial charge in [0, 0.05) is 0 Å². The Balaban J connectivity index is 0.00000156. The largest absolute Gasteiger partial charge is 1.00 e. The van der Waals surface area contributed by atoms with E-state index in [-0.39, 0.29) is 30.2 Å². The van der Waals surface area contributed by atoms with Crippen molar-refractivity contribution in [2.75, 3.05) is 0 Å². The molecule has 1 aromatic rings. The van der Waals surface area contributed by atoms with Crippen LogP contribution in [0.1, 0.15) is 56.3 Å². The maximum absolute atomic E-state index is 2.64. The molecule has 2 aliphatic rings. The van der Waals surface area contributed by atoms with Gasteiger partial charge in [-0.2, -0.15) is 0 Å². The third kappa shape index (κ3) is 4.55. The fourth-order valence-electron chi connectivity index (χ4n) is 3.97. The average molecular weight is 455 g/mol. The van der Waals surface area contributed by atoms with Gasteiger partial charge in [-0.15, -0.1) is 0 Å². The Labute approximate surface area is 173 Å². The molecule has 2 aliphatic carbocycles. The van der Waals surface area contributed by atoms with Crippen LogP contribution in [0.15, 0.2) is 54.1 Å². The second-order valence-corrected chi connectivity index (χ2v) is 16.0. The summed E-state index contributed by atoms with van der Waals surface area (Å²) in [5, 5.41) is 0. The Morgan fingerprint density at radius 2 is 1.64 bits per heavy atom. The van der Waals surface area contributed by atoms with E-state index < -0.39 is 21.3 Å². The third-order valence-electron chi connectivity index (χ3n) is 5.01. The molecule has 0 heterocycles. The number of hydrogen-bond donors (Lipinski definition) is 0. The molecule has 2 atom stereocenters. The van der Waals surface area contributed by atoms with Gasteiger partial charge < -0.3 is 24.8 Å². The topological polar surface area (TPSA) is 0 Å².